The van der Waals surface area contributed by atoms with E-state index in [1.807, 2.05) is 6.07 Å². The summed E-state index contributed by atoms with van der Waals surface area (Å²) in [5, 5.41) is 0. The molecule has 0 fully saturated rings. The molecule has 0 bridgehead atoms. The van der Waals surface area contributed by atoms with E-state index in [2.05, 4.69) is 6.92 Å². The quantitative estimate of drug-likeness (QED) is 0.298. The van der Waals surface area contributed by atoms with Gasteiger partial charge in [-0.1, -0.05) is 82.9 Å². The topological polar surface area (TPSA) is 54.4 Å². The summed E-state index contributed by atoms with van der Waals surface area (Å²) in [6.45, 7) is 2.24. The number of hydrogen-bond donors (Lipinski definition) is 1. The predicted octanol–water partition coefficient (Wildman–Crippen LogP) is 5.39. The maximum absolute atomic E-state index is 11.3. The van der Waals surface area contributed by atoms with E-state index in [1.54, 1.807) is 12.1 Å². The average molecular weight is 385 g/mol. The van der Waals surface area contributed by atoms with Crippen molar-refractivity contribution in [2.24, 2.45) is 0 Å². The summed E-state index contributed by atoms with van der Waals surface area (Å²) in [6, 6.07) is 6.73. The molecule has 0 heterocycles. The Morgan fingerprint density at radius 1 is 0.826 bits per heavy atom. The standard InChI is InChI=1S/C18H30O3S.Ni/c1-2-3-4-5-6-7-8-9-10-11-14-17-15-12-13-16-18(17)22(19,20)21;/h12-13,15-16H,2-11,14H2,1H3,(H,19,20,21);. The van der Waals surface area contributed by atoms with Crippen LogP contribution in [0.5, 0.6) is 0 Å². The van der Waals surface area contributed by atoms with Gasteiger partial charge in [-0.05, 0) is 24.5 Å². The molecular formula is C18H30NiO3S. The molecule has 5 heteroatoms. The molecule has 0 amide bonds. The molecule has 136 valence electrons. The zero-order chi connectivity index (χ0) is 16.3. The van der Waals surface area contributed by atoms with Gasteiger partial charge in [-0.15, -0.1) is 0 Å². The van der Waals surface area contributed by atoms with Gasteiger partial charge in [0.2, 0.25) is 0 Å². The molecule has 0 saturated carbocycles. The SMILES string of the molecule is CCCCCCCCCCCCc1ccccc1S(=O)(=O)O.[Ni]. The number of hydrogen-bond acceptors (Lipinski definition) is 2. The molecule has 1 rings (SSSR count). The van der Waals surface area contributed by atoms with Gasteiger partial charge in [0.25, 0.3) is 10.1 Å². The molecule has 0 radical (unpaired) electrons. The maximum atomic E-state index is 11.3. The molecule has 0 saturated heterocycles. The van der Waals surface area contributed by atoms with Gasteiger partial charge in [0, 0.05) is 16.5 Å². The minimum Gasteiger partial charge on any atom is -0.282 e. The molecule has 0 spiro atoms. The third kappa shape index (κ3) is 10.2. The molecule has 0 aliphatic heterocycles. The third-order valence-electron chi connectivity index (χ3n) is 4.05. The van der Waals surface area contributed by atoms with Crippen LogP contribution in [-0.4, -0.2) is 13.0 Å². The minimum atomic E-state index is -4.10. The summed E-state index contributed by atoms with van der Waals surface area (Å²) in [5.74, 6) is 0. The van der Waals surface area contributed by atoms with E-state index in [4.69, 9.17) is 0 Å². The molecule has 0 aliphatic rings. The molecule has 23 heavy (non-hydrogen) atoms. The zero-order valence-corrected chi connectivity index (χ0v) is 15.9. The van der Waals surface area contributed by atoms with E-state index in [1.165, 1.54) is 57.4 Å². The van der Waals surface area contributed by atoms with Crippen molar-refractivity contribution in [3.05, 3.63) is 29.8 Å². The van der Waals surface area contributed by atoms with Gasteiger partial charge < -0.3 is 0 Å². The van der Waals surface area contributed by atoms with Crippen LogP contribution in [0.1, 0.15) is 76.7 Å². The largest absolute Gasteiger partial charge is 0.294 e. The fourth-order valence-corrected chi connectivity index (χ4v) is 3.52. The maximum Gasteiger partial charge on any atom is 0.294 e. The van der Waals surface area contributed by atoms with Gasteiger partial charge in [0.05, 0.1) is 4.90 Å². The van der Waals surface area contributed by atoms with E-state index in [0.717, 1.165) is 18.4 Å². The van der Waals surface area contributed by atoms with E-state index in [9.17, 15) is 13.0 Å². The molecule has 3 nitrogen and oxygen atoms in total. The molecule has 1 aromatic rings. The Morgan fingerprint density at radius 3 is 1.83 bits per heavy atom. The van der Waals surface area contributed by atoms with Gasteiger partial charge in [0.1, 0.15) is 0 Å². The first-order valence-electron chi connectivity index (χ1n) is 8.61. The molecule has 0 aromatic heterocycles. The van der Waals surface area contributed by atoms with Crippen molar-refractivity contribution < 1.29 is 29.5 Å². The first kappa shape index (κ1) is 22.6. The molecular weight excluding hydrogens is 355 g/mol. The van der Waals surface area contributed by atoms with Crippen LogP contribution in [0, 0.1) is 0 Å². The normalized spacial score (nSPS) is 11.2. The van der Waals surface area contributed by atoms with Gasteiger partial charge in [-0.3, -0.25) is 4.55 Å². The molecule has 1 N–H and O–H groups in total. The predicted molar refractivity (Wildman–Crippen MR) is 91.8 cm³/mol. The van der Waals surface area contributed by atoms with Gasteiger partial charge in [-0.25, -0.2) is 0 Å². The number of rotatable bonds is 12. The third-order valence-corrected chi connectivity index (χ3v) is 5.00. The molecule has 0 atom stereocenters. The Morgan fingerprint density at radius 2 is 1.30 bits per heavy atom. The van der Waals surface area contributed by atoms with Crippen LogP contribution in [0.2, 0.25) is 0 Å². The summed E-state index contributed by atoms with van der Waals surface area (Å²) in [5.41, 5.74) is 0.726. The van der Waals surface area contributed by atoms with Crippen molar-refractivity contribution in [3.8, 4) is 0 Å². The Bertz CT molecular complexity index is 515. The average Bonchev–Trinajstić information content (AvgIpc) is 2.48. The fourth-order valence-electron chi connectivity index (χ4n) is 2.76. The van der Waals surface area contributed by atoms with Crippen LogP contribution in [0.25, 0.3) is 0 Å². The van der Waals surface area contributed by atoms with Crippen LogP contribution < -0.4 is 0 Å². The van der Waals surface area contributed by atoms with Crippen LogP contribution in [-0.2, 0) is 33.0 Å². The number of benzene rings is 1. The van der Waals surface area contributed by atoms with Crippen molar-refractivity contribution in [2.45, 2.75) is 82.4 Å². The second kappa shape index (κ2) is 13.0. The molecule has 1 aromatic carbocycles. The van der Waals surface area contributed by atoms with Crippen LogP contribution in [0.3, 0.4) is 0 Å². The Labute approximate surface area is 151 Å². The zero-order valence-electron chi connectivity index (χ0n) is 14.1. The first-order chi connectivity index (χ1) is 10.6. The monoisotopic (exact) mass is 384 g/mol. The smallest absolute Gasteiger partial charge is 0.282 e. The summed E-state index contributed by atoms with van der Waals surface area (Å²) in [6.07, 6.45) is 13.3. The van der Waals surface area contributed by atoms with Gasteiger partial charge in [0.15, 0.2) is 0 Å². The second-order valence-electron chi connectivity index (χ2n) is 6.01. The minimum absolute atomic E-state index is 0. The summed E-state index contributed by atoms with van der Waals surface area (Å²) >= 11 is 0. The Kier molecular flexibility index (Phi) is 12.8. The molecule has 0 aliphatic carbocycles. The van der Waals surface area contributed by atoms with E-state index in [-0.39, 0.29) is 21.4 Å². The van der Waals surface area contributed by atoms with Crippen molar-refractivity contribution in [2.75, 3.05) is 0 Å². The van der Waals surface area contributed by atoms with Crippen LogP contribution >= 0.6 is 0 Å². The van der Waals surface area contributed by atoms with Crippen LogP contribution in [0.4, 0.5) is 0 Å². The van der Waals surface area contributed by atoms with Crippen molar-refractivity contribution in [3.63, 3.8) is 0 Å². The summed E-state index contributed by atoms with van der Waals surface area (Å²) < 4.78 is 31.8. The Balaban J connectivity index is 0.00000484. The van der Waals surface area contributed by atoms with E-state index < -0.39 is 10.1 Å². The molecule has 0 unspecified atom stereocenters. The first-order valence-corrected chi connectivity index (χ1v) is 10.0. The Hall–Kier alpha value is -0.376. The summed E-state index contributed by atoms with van der Waals surface area (Å²) in [7, 11) is -4.10. The van der Waals surface area contributed by atoms with Crippen LogP contribution in [0.15, 0.2) is 29.2 Å². The fraction of sp³-hybridized carbons (Fsp3) is 0.667. The van der Waals surface area contributed by atoms with Crippen molar-refractivity contribution >= 4 is 10.1 Å². The van der Waals surface area contributed by atoms with E-state index >= 15 is 0 Å². The van der Waals surface area contributed by atoms with Crippen molar-refractivity contribution in [1.82, 2.24) is 0 Å². The van der Waals surface area contributed by atoms with E-state index in [0.29, 0.717) is 6.42 Å². The second-order valence-corrected chi connectivity index (χ2v) is 7.40. The summed E-state index contributed by atoms with van der Waals surface area (Å²) in [4.78, 5) is 0.0610. The van der Waals surface area contributed by atoms with Crippen molar-refractivity contribution in [1.29, 1.82) is 0 Å². The number of aryl methyl sites for hydroxylation is 1. The van der Waals surface area contributed by atoms with Gasteiger partial charge >= 0.3 is 0 Å². The van der Waals surface area contributed by atoms with Gasteiger partial charge in [-0.2, -0.15) is 8.42 Å². The number of unbranched alkanes of at least 4 members (excludes halogenated alkanes) is 9.